The number of anilines is 2. The van der Waals surface area contributed by atoms with Gasteiger partial charge in [-0.1, -0.05) is 0 Å². The second-order valence-corrected chi connectivity index (χ2v) is 6.06. The summed E-state index contributed by atoms with van der Waals surface area (Å²) >= 11 is 0. The first kappa shape index (κ1) is 17.7. The Bertz CT molecular complexity index is 764. The van der Waals surface area contributed by atoms with E-state index in [1.165, 1.54) is 6.07 Å². The second-order valence-electron chi connectivity index (χ2n) is 6.06. The number of benzene rings is 1. The second kappa shape index (κ2) is 7.42. The molecule has 4 amide bonds. The first-order valence-electron chi connectivity index (χ1n) is 8.46. The van der Waals surface area contributed by atoms with Gasteiger partial charge in [-0.15, -0.1) is 0 Å². The normalized spacial score (nSPS) is 17.7. The van der Waals surface area contributed by atoms with Gasteiger partial charge in [-0.05, 0) is 38.0 Å². The van der Waals surface area contributed by atoms with E-state index in [2.05, 4.69) is 10.6 Å². The molecule has 1 saturated heterocycles. The number of rotatable bonds is 4. The van der Waals surface area contributed by atoms with Gasteiger partial charge in [0.15, 0.2) is 6.61 Å². The fraction of sp³-hybridized carbons (Fsp3) is 0.412. The maximum atomic E-state index is 12.1. The monoisotopic (exact) mass is 360 g/mol. The lowest BCUT2D eigenvalue weighted by Gasteiger charge is -2.33. The molecule has 9 nitrogen and oxygen atoms in total. The number of imide groups is 1. The zero-order chi connectivity index (χ0) is 18.7. The van der Waals surface area contributed by atoms with Crippen LogP contribution >= 0.6 is 0 Å². The van der Waals surface area contributed by atoms with Gasteiger partial charge < -0.3 is 20.3 Å². The largest absolute Gasteiger partial charge is 0.452 e. The van der Waals surface area contributed by atoms with Gasteiger partial charge in [-0.25, -0.2) is 9.59 Å². The van der Waals surface area contributed by atoms with E-state index in [0.29, 0.717) is 12.2 Å². The summed E-state index contributed by atoms with van der Waals surface area (Å²) < 4.78 is 4.92. The SMILES string of the molecule is CCNC(=O)NC(=O)COC(=O)c1ccc2c(c1)NC(=O)[C@H]1CCCN21. The van der Waals surface area contributed by atoms with Gasteiger partial charge in [0.1, 0.15) is 6.04 Å². The van der Waals surface area contributed by atoms with Crippen molar-refractivity contribution in [3.05, 3.63) is 23.8 Å². The van der Waals surface area contributed by atoms with Gasteiger partial charge >= 0.3 is 12.0 Å². The minimum atomic E-state index is -0.726. The third-order valence-electron chi connectivity index (χ3n) is 4.28. The lowest BCUT2D eigenvalue weighted by molar-refractivity contribution is -0.123. The number of nitrogens with one attached hydrogen (secondary N) is 3. The summed E-state index contributed by atoms with van der Waals surface area (Å²) in [4.78, 5) is 49.1. The molecule has 0 aromatic heterocycles. The number of carbonyl (C=O) groups is 4. The summed E-state index contributed by atoms with van der Waals surface area (Å²) in [5.41, 5.74) is 1.64. The van der Waals surface area contributed by atoms with Crippen molar-refractivity contribution in [1.82, 2.24) is 10.6 Å². The average molecular weight is 360 g/mol. The minimum Gasteiger partial charge on any atom is -0.452 e. The van der Waals surface area contributed by atoms with Gasteiger partial charge in [-0.2, -0.15) is 0 Å². The molecule has 1 atom stereocenters. The summed E-state index contributed by atoms with van der Waals surface area (Å²) in [6, 6.07) is 4.09. The maximum absolute atomic E-state index is 12.1. The van der Waals surface area contributed by atoms with E-state index in [9.17, 15) is 19.2 Å². The molecule has 1 fully saturated rings. The fourth-order valence-corrected chi connectivity index (χ4v) is 3.14. The Labute approximate surface area is 150 Å². The number of hydrogen-bond donors (Lipinski definition) is 3. The maximum Gasteiger partial charge on any atom is 0.338 e. The molecule has 0 bridgehead atoms. The number of ether oxygens (including phenoxy) is 1. The summed E-state index contributed by atoms with van der Waals surface area (Å²) in [5, 5.41) is 7.25. The van der Waals surface area contributed by atoms with Crippen LogP contribution in [-0.2, 0) is 14.3 Å². The Hall–Kier alpha value is -3.10. The number of hydrogen-bond acceptors (Lipinski definition) is 6. The molecule has 1 aromatic rings. The number of nitrogens with zero attached hydrogens (tertiary/aromatic N) is 1. The topological polar surface area (TPSA) is 117 Å². The Kier molecular flexibility index (Phi) is 5.06. The third-order valence-corrected chi connectivity index (χ3v) is 4.28. The standard InChI is InChI=1S/C17H20N4O5/c1-2-18-17(25)20-14(22)9-26-16(24)10-5-6-12-11(8-10)19-15(23)13-4-3-7-21(12)13/h5-6,8,13H,2-4,7,9H2,1H3,(H,19,23)(H2,18,20,22,25)/t13-/m1/s1. The molecule has 0 aliphatic carbocycles. The smallest absolute Gasteiger partial charge is 0.338 e. The highest BCUT2D eigenvalue weighted by atomic mass is 16.5. The van der Waals surface area contributed by atoms with E-state index in [-0.39, 0.29) is 17.5 Å². The molecule has 2 heterocycles. The Balaban J connectivity index is 1.62. The molecule has 0 spiro atoms. The molecule has 26 heavy (non-hydrogen) atoms. The van der Waals surface area contributed by atoms with Crippen molar-refractivity contribution in [3.63, 3.8) is 0 Å². The van der Waals surface area contributed by atoms with Crippen molar-refractivity contribution < 1.29 is 23.9 Å². The zero-order valence-electron chi connectivity index (χ0n) is 14.3. The number of carbonyl (C=O) groups excluding carboxylic acids is 4. The van der Waals surface area contributed by atoms with Crippen LogP contribution in [0.2, 0.25) is 0 Å². The molecular weight excluding hydrogens is 340 g/mol. The van der Waals surface area contributed by atoms with E-state index < -0.39 is 24.5 Å². The van der Waals surface area contributed by atoms with E-state index in [4.69, 9.17) is 4.74 Å². The summed E-state index contributed by atoms with van der Waals surface area (Å²) in [6.45, 7) is 2.31. The first-order valence-corrected chi connectivity index (χ1v) is 8.46. The molecular formula is C17H20N4O5. The van der Waals surface area contributed by atoms with Crippen LogP contribution in [0.4, 0.5) is 16.2 Å². The number of esters is 1. The molecule has 3 rings (SSSR count). The van der Waals surface area contributed by atoms with Crippen molar-refractivity contribution in [2.75, 3.05) is 29.9 Å². The first-order chi connectivity index (χ1) is 12.5. The number of fused-ring (bicyclic) bond motifs is 3. The highest BCUT2D eigenvalue weighted by molar-refractivity contribution is 6.05. The van der Waals surface area contributed by atoms with Crippen molar-refractivity contribution in [1.29, 1.82) is 0 Å². The van der Waals surface area contributed by atoms with E-state index in [0.717, 1.165) is 25.1 Å². The number of amides is 4. The van der Waals surface area contributed by atoms with Crippen LogP contribution in [0, 0.1) is 0 Å². The Morgan fingerprint density at radius 1 is 1.35 bits per heavy atom. The highest BCUT2D eigenvalue weighted by Crippen LogP contribution is 2.37. The van der Waals surface area contributed by atoms with Crippen molar-refractivity contribution >= 4 is 35.2 Å². The predicted octanol–water partition coefficient (Wildman–Crippen LogP) is 0.610. The van der Waals surface area contributed by atoms with Gasteiger partial charge in [0.25, 0.3) is 5.91 Å². The van der Waals surface area contributed by atoms with Crippen molar-refractivity contribution in [3.8, 4) is 0 Å². The molecule has 2 aliphatic rings. The van der Waals surface area contributed by atoms with E-state index >= 15 is 0 Å². The quantitative estimate of drug-likeness (QED) is 0.678. The van der Waals surface area contributed by atoms with Gasteiger partial charge in [0, 0.05) is 13.1 Å². The molecule has 9 heteroatoms. The van der Waals surface area contributed by atoms with Crippen LogP contribution < -0.4 is 20.9 Å². The Morgan fingerprint density at radius 2 is 2.15 bits per heavy atom. The summed E-state index contributed by atoms with van der Waals surface area (Å²) in [6.07, 6.45) is 1.76. The molecule has 2 aliphatic heterocycles. The minimum absolute atomic E-state index is 0.0816. The van der Waals surface area contributed by atoms with Gasteiger partial charge in [0.2, 0.25) is 5.91 Å². The van der Waals surface area contributed by atoms with E-state index in [1.54, 1.807) is 19.1 Å². The molecule has 0 radical (unpaired) electrons. The van der Waals surface area contributed by atoms with Crippen LogP contribution in [0.3, 0.4) is 0 Å². The lowest BCUT2D eigenvalue weighted by atomic mass is 10.1. The molecule has 0 saturated carbocycles. The lowest BCUT2D eigenvalue weighted by Crippen LogP contribution is -2.44. The number of urea groups is 1. The van der Waals surface area contributed by atoms with Crippen molar-refractivity contribution in [2.45, 2.75) is 25.8 Å². The summed E-state index contributed by atoms with van der Waals surface area (Å²) in [7, 11) is 0. The molecule has 138 valence electrons. The zero-order valence-corrected chi connectivity index (χ0v) is 14.3. The summed E-state index contributed by atoms with van der Waals surface area (Å²) in [5.74, 6) is -1.52. The molecule has 0 unspecified atom stereocenters. The highest BCUT2D eigenvalue weighted by Gasteiger charge is 2.36. The third kappa shape index (κ3) is 3.61. The van der Waals surface area contributed by atoms with Gasteiger partial charge in [0.05, 0.1) is 16.9 Å². The predicted molar refractivity (Wildman–Crippen MR) is 92.9 cm³/mol. The van der Waals surface area contributed by atoms with Crippen LogP contribution in [0.5, 0.6) is 0 Å². The molecule has 3 N–H and O–H groups in total. The van der Waals surface area contributed by atoms with Gasteiger partial charge in [-0.3, -0.25) is 14.9 Å². The van der Waals surface area contributed by atoms with Crippen LogP contribution in [-0.4, -0.2) is 49.6 Å². The fourth-order valence-electron chi connectivity index (χ4n) is 3.14. The van der Waals surface area contributed by atoms with Crippen LogP contribution in [0.15, 0.2) is 18.2 Å². The van der Waals surface area contributed by atoms with E-state index in [1.807, 2.05) is 10.2 Å². The molecule has 1 aromatic carbocycles. The average Bonchev–Trinajstić information content (AvgIpc) is 3.10. The van der Waals surface area contributed by atoms with Crippen LogP contribution in [0.1, 0.15) is 30.1 Å². The Morgan fingerprint density at radius 3 is 2.92 bits per heavy atom. The van der Waals surface area contributed by atoms with Crippen molar-refractivity contribution in [2.24, 2.45) is 0 Å². The van der Waals surface area contributed by atoms with Crippen LogP contribution in [0.25, 0.3) is 0 Å².